The Labute approximate surface area is 295 Å². The third kappa shape index (κ3) is 5.07. The van der Waals surface area contributed by atoms with Gasteiger partial charge in [-0.2, -0.15) is 0 Å². The molecule has 4 aromatic carbocycles. The average Bonchev–Trinajstić information content (AvgIpc) is 3.53. The molecule has 4 aromatic rings. The first-order valence-corrected chi connectivity index (χ1v) is 20.9. The standard InChI is InChI=1S/C17H23.C13H9.C13H10.2ClH.Zr/c1-11-3-12(2)16(4-11)17-8-13-5-14(9-17)7-15(6-13)10-17;1-3-7-12-10(5-1)9-11-6-2-4-8-13(11)12;1-3-7-12(8-4-1)11-13-9-5-2-6-10-13;;;/h3,11,13-15H,5-10H2,1-2H3;1-9H;1-10H;2*1H;/q;;;;;+2/p-2. The van der Waals surface area contributed by atoms with E-state index in [1.807, 2.05) is 8.85 Å². The molecule has 0 nitrogen and oxygen atoms in total. The Morgan fingerprint density at radius 1 is 0.609 bits per heavy atom. The zero-order valence-corrected chi connectivity index (χ0v) is 30.8. The van der Waals surface area contributed by atoms with Crippen molar-refractivity contribution in [2.45, 2.75) is 56.0 Å². The van der Waals surface area contributed by atoms with Crippen LogP contribution >= 0.6 is 0 Å². The van der Waals surface area contributed by atoms with Crippen LogP contribution in [0.5, 0.6) is 0 Å². The van der Waals surface area contributed by atoms with Crippen molar-refractivity contribution in [1.29, 1.82) is 0 Å². The van der Waals surface area contributed by atoms with Crippen LogP contribution < -0.4 is 24.8 Å². The summed E-state index contributed by atoms with van der Waals surface area (Å²) in [7, 11) is 0. The van der Waals surface area contributed by atoms with Gasteiger partial charge in [-0.15, -0.1) is 0 Å². The molecule has 0 saturated heterocycles. The molecule has 0 radical (unpaired) electrons. The molecular weight excluding hydrogens is 679 g/mol. The van der Waals surface area contributed by atoms with Crippen LogP contribution in [0.25, 0.3) is 11.1 Å². The van der Waals surface area contributed by atoms with Crippen LogP contribution in [-0.2, 0) is 21.3 Å². The van der Waals surface area contributed by atoms with Gasteiger partial charge in [0.2, 0.25) is 0 Å². The molecule has 0 spiro atoms. The summed E-state index contributed by atoms with van der Waals surface area (Å²) in [6, 6.07) is 42.0. The summed E-state index contributed by atoms with van der Waals surface area (Å²) in [5.74, 6) is 3.36. The second-order valence-electron chi connectivity index (χ2n) is 14.8. The van der Waals surface area contributed by atoms with Crippen LogP contribution in [0, 0.1) is 29.1 Å². The summed E-state index contributed by atoms with van der Waals surface area (Å²) < 4.78 is 4.09. The third-order valence-corrected chi connectivity index (χ3v) is 20.8. The van der Waals surface area contributed by atoms with E-state index in [0.717, 1.165) is 17.8 Å². The fourth-order valence-corrected chi connectivity index (χ4v) is 21.5. The van der Waals surface area contributed by atoms with E-state index in [-0.39, 0.29) is 24.8 Å². The maximum atomic E-state index is 2.70. The Morgan fingerprint density at radius 2 is 1.04 bits per heavy atom. The normalized spacial score (nSPS) is 26.8. The van der Waals surface area contributed by atoms with E-state index in [1.165, 1.54) is 60.8 Å². The fraction of sp³-hybridized carbons (Fsp3) is 0.326. The molecule has 0 N–H and O–H groups in total. The first-order valence-electron chi connectivity index (χ1n) is 17.1. The molecular formula is C43H42Cl2Zr. The monoisotopic (exact) mass is 718 g/mol. The fourth-order valence-electron chi connectivity index (χ4n) is 11.1. The van der Waals surface area contributed by atoms with Crippen LogP contribution in [-0.4, -0.2) is 3.21 Å². The van der Waals surface area contributed by atoms with Gasteiger partial charge in [0.05, 0.1) is 0 Å². The van der Waals surface area contributed by atoms with Crippen molar-refractivity contribution in [3.05, 3.63) is 152 Å². The van der Waals surface area contributed by atoms with Gasteiger partial charge in [0.15, 0.2) is 0 Å². The smallest absolute Gasteiger partial charge is 1.00 e. The minimum atomic E-state index is -2.82. The molecule has 6 aliphatic carbocycles. The predicted octanol–water partition coefficient (Wildman–Crippen LogP) is 4.72. The largest absolute Gasteiger partial charge is 1.00 e. The Balaban J connectivity index is 0.00000169. The minimum Gasteiger partial charge on any atom is -1.00 e. The molecule has 1 unspecified atom stereocenters. The third-order valence-electron chi connectivity index (χ3n) is 12.0. The summed E-state index contributed by atoms with van der Waals surface area (Å²) in [5, 5.41) is 0. The van der Waals surface area contributed by atoms with Crippen molar-refractivity contribution >= 4 is 3.21 Å². The number of hydrogen-bond acceptors (Lipinski definition) is 0. The second kappa shape index (κ2) is 12.6. The van der Waals surface area contributed by atoms with Crippen LogP contribution in [0.15, 0.2) is 130 Å². The van der Waals surface area contributed by atoms with E-state index < -0.39 is 21.3 Å². The predicted molar refractivity (Wildman–Crippen MR) is 180 cm³/mol. The number of benzene rings is 4. The zero-order valence-electron chi connectivity index (χ0n) is 26.9. The van der Waals surface area contributed by atoms with Gasteiger partial charge in [0.1, 0.15) is 0 Å². The van der Waals surface area contributed by atoms with E-state index in [0.29, 0.717) is 15.0 Å². The molecule has 3 heteroatoms. The van der Waals surface area contributed by atoms with E-state index >= 15 is 0 Å². The van der Waals surface area contributed by atoms with Crippen molar-refractivity contribution in [2.24, 2.45) is 29.1 Å². The zero-order chi connectivity index (χ0) is 29.4. The molecule has 4 fully saturated rings. The number of fused-ring (bicyclic) bond motifs is 3. The van der Waals surface area contributed by atoms with Gasteiger partial charge in [-0.1, -0.05) is 0 Å². The van der Waals surface area contributed by atoms with Crippen molar-refractivity contribution in [3.63, 3.8) is 0 Å². The molecule has 4 bridgehead atoms. The number of hydrogen-bond donors (Lipinski definition) is 0. The van der Waals surface area contributed by atoms with Crippen LogP contribution in [0.4, 0.5) is 0 Å². The van der Waals surface area contributed by atoms with Crippen LogP contribution in [0.3, 0.4) is 0 Å². The van der Waals surface area contributed by atoms with Gasteiger partial charge < -0.3 is 24.8 Å². The summed E-state index contributed by atoms with van der Waals surface area (Å²) in [4.78, 5) is 0. The van der Waals surface area contributed by atoms with Gasteiger partial charge in [0.25, 0.3) is 0 Å². The van der Waals surface area contributed by atoms with E-state index in [9.17, 15) is 0 Å². The molecule has 46 heavy (non-hydrogen) atoms. The van der Waals surface area contributed by atoms with Gasteiger partial charge >= 0.3 is 273 Å². The Morgan fingerprint density at radius 3 is 1.52 bits per heavy atom. The van der Waals surface area contributed by atoms with Gasteiger partial charge in [-0.25, -0.2) is 0 Å². The number of rotatable bonds is 5. The molecule has 0 aromatic heterocycles. The van der Waals surface area contributed by atoms with E-state index in [2.05, 4.69) is 129 Å². The molecule has 0 amide bonds. The van der Waals surface area contributed by atoms with Gasteiger partial charge in [-0.05, 0) is 0 Å². The molecule has 1 atom stereocenters. The van der Waals surface area contributed by atoms with E-state index in [4.69, 9.17) is 0 Å². The molecule has 0 heterocycles. The summed E-state index contributed by atoms with van der Waals surface area (Å²) in [5.41, 5.74) is 12.9. The summed E-state index contributed by atoms with van der Waals surface area (Å²) in [6.45, 7) is 5.06. The quantitative estimate of drug-likeness (QED) is 0.280. The molecule has 10 rings (SSSR count). The molecule has 6 aliphatic rings. The molecule has 4 saturated carbocycles. The van der Waals surface area contributed by atoms with Crippen molar-refractivity contribution in [2.75, 3.05) is 0 Å². The second-order valence-corrected chi connectivity index (χ2v) is 20.8. The van der Waals surface area contributed by atoms with Crippen LogP contribution in [0.1, 0.15) is 78.3 Å². The first-order chi connectivity index (χ1) is 21.6. The number of allylic oxidation sites excluding steroid dienone is 4. The van der Waals surface area contributed by atoms with E-state index in [1.54, 1.807) is 19.9 Å². The van der Waals surface area contributed by atoms with Crippen molar-refractivity contribution in [3.8, 4) is 11.1 Å². The Bertz CT molecular complexity index is 1740. The molecule has 232 valence electrons. The summed E-state index contributed by atoms with van der Waals surface area (Å²) in [6.07, 6.45) is 11.5. The Hall–Kier alpha value is -2.31. The molecule has 0 aliphatic heterocycles. The summed E-state index contributed by atoms with van der Waals surface area (Å²) >= 11 is -2.82. The number of halogens is 2. The van der Waals surface area contributed by atoms with Crippen molar-refractivity contribution < 1.29 is 46.1 Å². The maximum absolute atomic E-state index is 2.82. The van der Waals surface area contributed by atoms with Gasteiger partial charge in [-0.3, -0.25) is 0 Å². The maximum Gasteiger partial charge on any atom is -1.00 e. The Kier molecular flexibility index (Phi) is 8.85. The first kappa shape index (κ1) is 32.3. The van der Waals surface area contributed by atoms with Crippen LogP contribution in [0.2, 0.25) is 0 Å². The van der Waals surface area contributed by atoms with Gasteiger partial charge in [0, 0.05) is 0 Å². The van der Waals surface area contributed by atoms with Crippen molar-refractivity contribution in [1.82, 2.24) is 0 Å². The average molecular weight is 721 g/mol. The SMILES string of the molecule is CC1=CC(C)[C]([Zr+2](=[C](c2ccccc2)c2ccccc2)[CH]2c3ccccc3-c3ccccc32)=C1C12CC3CC(CC(C3)C1)C2.[Cl-].[Cl-]. The topological polar surface area (TPSA) is 0 Å². The minimum absolute atomic E-state index is 0.